The monoisotopic (exact) mass is 236 g/mol. The minimum atomic E-state index is -0.833. The topological polar surface area (TPSA) is 61.2 Å². The largest absolute Gasteiger partial charge is 0.465 e. The summed E-state index contributed by atoms with van der Waals surface area (Å²) in [6, 6.07) is 0. The molecule has 7 heteroatoms. The van der Waals surface area contributed by atoms with Crippen LogP contribution < -0.4 is 5.43 Å². The van der Waals surface area contributed by atoms with E-state index in [2.05, 4.69) is 9.84 Å². The molecule has 0 amide bonds. The molecule has 0 aliphatic rings. The molecule has 0 atom stereocenters. The number of methoxy groups -OCH3 is 1. The number of esters is 1. The van der Waals surface area contributed by atoms with Crippen molar-refractivity contribution in [3.8, 4) is 0 Å². The van der Waals surface area contributed by atoms with Gasteiger partial charge in [0.15, 0.2) is 5.15 Å². The third-order valence-corrected chi connectivity index (χ3v) is 2.21. The average molecular weight is 237 g/mol. The minimum Gasteiger partial charge on any atom is -0.465 e. The zero-order valence-electron chi connectivity index (χ0n) is 7.38. The molecule has 0 saturated carbocycles. The van der Waals surface area contributed by atoms with Gasteiger partial charge in [-0.15, -0.1) is 0 Å². The molecule has 0 aromatic carbocycles. The third kappa shape index (κ3) is 1.73. The first kappa shape index (κ1) is 11.0. The number of carbonyl (C=O) groups is 1. The molecule has 0 unspecified atom stereocenters. The fourth-order valence-electron chi connectivity index (χ4n) is 0.859. The van der Waals surface area contributed by atoms with Crippen molar-refractivity contribution in [2.45, 2.75) is 0 Å². The fourth-order valence-corrected chi connectivity index (χ4v) is 1.27. The Hall–Kier alpha value is -1.07. The van der Waals surface area contributed by atoms with E-state index >= 15 is 0 Å². The average Bonchev–Trinajstić information content (AvgIpc) is 2.15. The van der Waals surface area contributed by atoms with Gasteiger partial charge in [-0.05, 0) is 0 Å². The van der Waals surface area contributed by atoms with Crippen molar-refractivity contribution in [3.63, 3.8) is 0 Å². The van der Waals surface area contributed by atoms with E-state index in [1.807, 2.05) is 0 Å². The molecule has 0 radical (unpaired) electrons. The number of halogens is 2. The predicted molar refractivity (Wildman–Crippen MR) is 50.8 cm³/mol. The van der Waals surface area contributed by atoms with Gasteiger partial charge in [0.05, 0.1) is 7.11 Å². The van der Waals surface area contributed by atoms with Crippen molar-refractivity contribution in [3.05, 3.63) is 26.1 Å². The first-order chi connectivity index (χ1) is 6.49. The van der Waals surface area contributed by atoms with Gasteiger partial charge in [0, 0.05) is 7.05 Å². The summed E-state index contributed by atoms with van der Waals surface area (Å²) in [6.07, 6.45) is 0. The lowest BCUT2D eigenvalue weighted by molar-refractivity contribution is 0.0598. The van der Waals surface area contributed by atoms with Gasteiger partial charge in [0.25, 0.3) is 0 Å². The summed E-state index contributed by atoms with van der Waals surface area (Å²) >= 11 is 11.2. The van der Waals surface area contributed by atoms with Crippen LogP contribution in [0.2, 0.25) is 10.3 Å². The summed E-state index contributed by atoms with van der Waals surface area (Å²) in [4.78, 5) is 22.5. The zero-order chi connectivity index (χ0) is 10.9. The molecule has 1 heterocycles. The molecule has 0 bridgehead atoms. The Bertz CT molecular complexity index is 441. The van der Waals surface area contributed by atoms with Crippen molar-refractivity contribution in [2.75, 3.05) is 7.11 Å². The van der Waals surface area contributed by atoms with Crippen molar-refractivity contribution in [1.82, 2.24) is 9.78 Å². The molecule has 0 fully saturated rings. The van der Waals surface area contributed by atoms with Gasteiger partial charge in [-0.3, -0.25) is 9.48 Å². The van der Waals surface area contributed by atoms with E-state index in [0.29, 0.717) is 0 Å². The number of rotatable bonds is 1. The Morgan fingerprint density at radius 3 is 2.57 bits per heavy atom. The van der Waals surface area contributed by atoms with Crippen LogP contribution in [-0.2, 0) is 11.8 Å². The third-order valence-electron chi connectivity index (χ3n) is 1.53. The summed E-state index contributed by atoms with van der Waals surface area (Å²) in [5.41, 5.74) is -1.04. The molecule has 0 saturated heterocycles. The van der Waals surface area contributed by atoms with E-state index in [4.69, 9.17) is 23.2 Å². The summed E-state index contributed by atoms with van der Waals surface area (Å²) in [5, 5.41) is 3.15. The molecule has 0 spiro atoms. The summed E-state index contributed by atoms with van der Waals surface area (Å²) in [5.74, 6) is -0.833. The molecule has 0 aliphatic heterocycles. The molecule has 5 nitrogen and oxygen atoms in total. The van der Waals surface area contributed by atoms with Crippen molar-refractivity contribution in [1.29, 1.82) is 0 Å². The molecule has 76 valence electrons. The maximum Gasteiger partial charge on any atom is 0.345 e. The second kappa shape index (κ2) is 3.98. The van der Waals surface area contributed by atoms with E-state index in [-0.39, 0.29) is 15.9 Å². The Kier molecular flexibility index (Phi) is 3.13. The minimum absolute atomic E-state index is 0.105. The lowest BCUT2D eigenvalue weighted by Crippen LogP contribution is -2.22. The SMILES string of the molecule is COC(=O)c1c(Cl)n(C)nc(Cl)c1=O. The van der Waals surface area contributed by atoms with E-state index in [9.17, 15) is 9.59 Å². The number of ether oxygens (including phenoxy) is 1. The standard InChI is InChI=1S/C7H6Cl2N2O3/c1-11-6(9)3(7(13)14-2)4(12)5(8)10-11/h1-2H3. The van der Waals surface area contributed by atoms with Crippen LogP contribution in [-0.4, -0.2) is 22.9 Å². The molecule has 0 N–H and O–H groups in total. The highest BCUT2D eigenvalue weighted by Crippen LogP contribution is 2.13. The molecule has 14 heavy (non-hydrogen) atoms. The molecule has 1 aromatic rings. The molecule has 1 aromatic heterocycles. The zero-order valence-corrected chi connectivity index (χ0v) is 8.89. The number of hydrogen-bond acceptors (Lipinski definition) is 4. The van der Waals surface area contributed by atoms with E-state index in [0.717, 1.165) is 11.8 Å². The van der Waals surface area contributed by atoms with Gasteiger partial charge in [0.1, 0.15) is 10.7 Å². The van der Waals surface area contributed by atoms with Crippen LogP contribution in [0.4, 0.5) is 0 Å². The summed E-state index contributed by atoms with van der Waals surface area (Å²) in [6.45, 7) is 0. The van der Waals surface area contributed by atoms with Crippen LogP contribution >= 0.6 is 23.2 Å². The Labute approximate surface area is 89.2 Å². The van der Waals surface area contributed by atoms with Crippen LogP contribution in [0.5, 0.6) is 0 Å². The first-order valence-electron chi connectivity index (χ1n) is 3.49. The smallest absolute Gasteiger partial charge is 0.345 e. The highest BCUT2D eigenvalue weighted by molar-refractivity contribution is 6.33. The van der Waals surface area contributed by atoms with Gasteiger partial charge in [-0.25, -0.2) is 4.79 Å². The Morgan fingerprint density at radius 1 is 1.50 bits per heavy atom. The highest BCUT2D eigenvalue weighted by Gasteiger charge is 2.20. The number of carbonyl (C=O) groups excluding carboxylic acids is 1. The second-order valence-electron chi connectivity index (χ2n) is 2.40. The van der Waals surface area contributed by atoms with Crippen LogP contribution in [0.15, 0.2) is 4.79 Å². The fraction of sp³-hybridized carbons (Fsp3) is 0.286. The molecular weight excluding hydrogens is 231 g/mol. The van der Waals surface area contributed by atoms with E-state index in [1.54, 1.807) is 0 Å². The maximum absolute atomic E-state index is 11.3. The second-order valence-corrected chi connectivity index (χ2v) is 3.12. The van der Waals surface area contributed by atoms with Crippen LogP contribution in [0, 0.1) is 0 Å². The van der Waals surface area contributed by atoms with Crippen LogP contribution in [0.1, 0.15) is 10.4 Å². The van der Waals surface area contributed by atoms with Gasteiger partial charge in [-0.2, -0.15) is 5.10 Å². The Morgan fingerprint density at radius 2 is 2.07 bits per heavy atom. The Balaban J connectivity index is 3.56. The normalized spacial score (nSPS) is 10.0. The van der Waals surface area contributed by atoms with Gasteiger partial charge < -0.3 is 4.74 Å². The van der Waals surface area contributed by atoms with Crippen LogP contribution in [0.3, 0.4) is 0 Å². The molecule has 0 aliphatic carbocycles. The number of aryl methyl sites for hydroxylation is 1. The van der Waals surface area contributed by atoms with Gasteiger partial charge in [-0.1, -0.05) is 23.2 Å². The van der Waals surface area contributed by atoms with E-state index in [1.165, 1.54) is 7.05 Å². The summed E-state index contributed by atoms with van der Waals surface area (Å²) < 4.78 is 5.51. The first-order valence-corrected chi connectivity index (χ1v) is 4.25. The lowest BCUT2D eigenvalue weighted by atomic mass is 10.3. The maximum atomic E-state index is 11.3. The molecule has 1 rings (SSSR count). The number of aromatic nitrogens is 2. The van der Waals surface area contributed by atoms with Crippen molar-refractivity contribution in [2.24, 2.45) is 7.05 Å². The number of hydrogen-bond donors (Lipinski definition) is 0. The highest BCUT2D eigenvalue weighted by atomic mass is 35.5. The molecular formula is C7H6Cl2N2O3. The van der Waals surface area contributed by atoms with Gasteiger partial charge in [0.2, 0.25) is 5.43 Å². The number of nitrogens with zero attached hydrogens (tertiary/aromatic N) is 2. The lowest BCUT2D eigenvalue weighted by Gasteiger charge is -2.05. The predicted octanol–water partition coefficient (Wildman–Crippen LogP) is 0.874. The van der Waals surface area contributed by atoms with Crippen molar-refractivity contribution < 1.29 is 9.53 Å². The quantitative estimate of drug-likeness (QED) is 0.680. The van der Waals surface area contributed by atoms with E-state index < -0.39 is 11.4 Å². The summed E-state index contributed by atoms with van der Waals surface area (Å²) in [7, 11) is 2.60. The van der Waals surface area contributed by atoms with Gasteiger partial charge >= 0.3 is 5.97 Å². The van der Waals surface area contributed by atoms with Crippen LogP contribution in [0.25, 0.3) is 0 Å². The van der Waals surface area contributed by atoms with Crippen molar-refractivity contribution >= 4 is 29.2 Å².